The molecule has 1 fully saturated rings. The zero-order valence-electron chi connectivity index (χ0n) is 11.1. The quantitative estimate of drug-likeness (QED) is 0.819. The number of nitrogens with one attached hydrogen (secondary N) is 1. The smallest absolute Gasteiger partial charge is 0.238 e. The van der Waals surface area contributed by atoms with Gasteiger partial charge in [0.25, 0.3) is 0 Å². The second kappa shape index (κ2) is 7.01. The molecule has 1 heterocycles. The number of nitriles is 1. The molecule has 0 spiro atoms. The molecular weight excluding hydrogens is 258 g/mol. The van der Waals surface area contributed by atoms with Gasteiger partial charge >= 0.3 is 0 Å². The van der Waals surface area contributed by atoms with Crippen molar-refractivity contribution in [3.8, 4) is 6.07 Å². The molecule has 1 aliphatic heterocycles. The Hall–Kier alpha value is -1.94. The second-order valence-corrected chi connectivity index (χ2v) is 4.65. The molecule has 6 nitrogen and oxygen atoms in total. The van der Waals surface area contributed by atoms with Gasteiger partial charge in [-0.05, 0) is 24.3 Å². The van der Waals surface area contributed by atoms with Crippen LogP contribution in [0.2, 0.25) is 0 Å². The second-order valence-electron chi connectivity index (χ2n) is 4.65. The van der Waals surface area contributed by atoms with Crippen LogP contribution < -0.4 is 5.32 Å². The Balaban J connectivity index is 1.84. The first-order valence-electron chi connectivity index (χ1n) is 6.46. The molecule has 1 amide bonds. The van der Waals surface area contributed by atoms with E-state index in [-0.39, 0.29) is 25.2 Å². The molecule has 20 heavy (non-hydrogen) atoms. The summed E-state index contributed by atoms with van der Waals surface area (Å²) < 4.78 is 5.33. The van der Waals surface area contributed by atoms with Crippen molar-refractivity contribution in [3.05, 3.63) is 29.8 Å². The van der Waals surface area contributed by atoms with E-state index in [1.165, 1.54) is 0 Å². The van der Waals surface area contributed by atoms with Gasteiger partial charge in [-0.3, -0.25) is 9.69 Å². The van der Waals surface area contributed by atoms with Crippen LogP contribution in [0.25, 0.3) is 0 Å². The van der Waals surface area contributed by atoms with E-state index < -0.39 is 0 Å². The highest BCUT2D eigenvalue weighted by atomic mass is 16.5. The zero-order chi connectivity index (χ0) is 14.4. The van der Waals surface area contributed by atoms with Crippen molar-refractivity contribution in [3.63, 3.8) is 0 Å². The van der Waals surface area contributed by atoms with Gasteiger partial charge in [-0.2, -0.15) is 5.26 Å². The average molecular weight is 275 g/mol. The minimum Gasteiger partial charge on any atom is -0.394 e. The lowest BCUT2D eigenvalue weighted by molar-refractivity contribution is -0.120. The number of morpholine rings is 1. The highest BCUT2D eigenvalue weighted by molar-refractivity contribution is 5.92. The fourth-order valence-corrected chi connectivity index (χ4v) is 2.07. The Kier molecular flexibility index (Phi) is 5.07. The highest BCUT2D eigenvalue weighted by Gasteiger charge is 2.21. The molecule has 0 aliphatic carbocycles. The maximum atomic E-state index is 11.9. The van der Waals surface area contributed by atoms with Gasteiger partial charge in [-0.15, -0.1) is 0 Å². The SMILES string of the molecule is N#Cc1ccc(NC(=O)CN2CCOC(CO)C2)cc1. The van der Waals surface area contributed by atoms with E-state index in [0.29, 0.717) is 30.9 Å². The zero-order valence-corrected chi connectivity index (χ0v) is 11.1. The van der Waals surface area contributed by atoms with Crippen molar-refractivity contribution in [2.24, 2.45) is 0 Å². The van der Waals surface area contributed by atoms with Crippen molar-refractivity contribution in [2.45, 2.75) is 6.10 Å². The van der Waals surface area contributed by atoms with Crippen molar-refractivity contribution >= 4 is 11.6 Å². The molecule has 1 atom stereocenters. The Morgan fingerprint density at radius 1 is 1.50 bits per heavy atom. The summed E-state index contributed by atoms with van der Waals surface area (Å²) in [5.74, 6) is -0.117. The molecule has 0 radical (unpaired) electrons. The third-order valence-electron chi connectivity index (χ3n) is 3.09. The highest BCUT2D eigenvalue weighted by Crippen LogP contribution is 2.09. The molecule has 106 valence electrons. The van der Waals surface area contributed by atoms with E-state index in [9.17, 15) is 4.79 Å². The number of ether oxygens (including phenoxy) is 1. The molecule has 1 aromatic carbocycles. The number of carbonyl (C=O) groups excluding carboxylic acids is 1. The maximum Gasteiger partial charge on any atom is 0.238 e. The molecule has 1 saturated heterocycles. The van der Waals surface area contributed by atoms with Gasteiger partial charge in [-0.1, -0.05) is 0 Å². The van der Waals surface area contributed by atoms with Gasteiger partial charge in [-0.25, -0.2) is 0 Å². The number of rotatable bonds is 4. The van der Waals surface area contributed by atoms with Gasteiger partial charge in [0.1, 0.15) is 0 Å². The monoisotopic (exact) mass is 275 g/mol. The third-order valence-corrected chi connectivity index (χ3v) is 3.09. The summed E-state index contributed by atoms with van der Waals surface area (Å²) in [5, 5.41) is 20.5. The maximum absolute atomic E-state index is 11.9. The molecule has 6 heteroatoms. The Bertz CT molecular complexity index is 495. The summed E-state index contributed by atoms with van der Waals surface area (Å²) in [4.78, 5) is 13.9. The first-order chi connectivity index (χ1) is 9.71. The van der Waals surface area contributed by atoms with Crippen LogP contribution in [0.5, 0.6) is 0 Å². The van der Waals surface area contributed by atoms with Crippen LogP contribution in [0.1, 0.15) is 5.56 Å². The van der Waals surface area contributed by atoms with Gasteiger partial charge in [0, 0.05) is 18.8 Å². The lowest BCUT2D eigenvalue weighted by atomic mass is 10.2. The summed E-state index contributed by atoms with van der Waals surface area (Å²) in [6.07, 6.45) is -0.216. The van der Waals surface area contributed by atoms with Crippen LogP contribution >= 0.6 is 0 Å². The summed E-state index contributed by atoms with van der Waals surface area (Å²) in [6.45, 7) is 1.98. The number of hydrogen-bond donors (Lipinski definition) is 2. The number of aliphatic hydroxyl groups is 1. The molecular formula is C14H17N3O3. The molecule has 1 unspecified atom stereocenters. The number of nitrogens with zero attached hydrogens (tertiary/aromatic N) is 2. The molecule has 2 N–H and O–H groups in total. The number of carbonyl (C=O) groups is 1. The molecule has 2 rings (SSSR count). The predicted octanol–water partition coefficient (Wildman–Crippen LogP) is 0.190. The first kappa shape index (κ1) is 14.5. The van der Waals surface area contributed by atoms with Crippen LogP contribution in [0.15, 0.2) is 24.3 Å². The molecule has 1 aromatic rings. The minimum atomic E-state index is -0.216. The topological polar surface area (TPSA) is 85.6 Å². The number of benzene rings is 1. The van der Waals surface area contributed by atoms with E-state index in [1.54, 1.807) is 24.3 Å². The van der Waals surface area contributed by atoms with Crippen LogP contribution in [0.4, 0.5) is 5.69 Å². The van der Waals surface area contributed by atoms with Crippen LogP contribution in [-0.4, -0.2) is 54.9 Å². The summed E-state index contributed by atoms with van der Waals surface area (Å²) >= 11 is 0. The van der Waals surface area contributed by atoms with Gasteiger partial charge in [0.15, 0.2) is 0 Å². The van der Waals surface area contributed by atoms with Crippen LogP contribution in [0.3, 0.4) is 0 Å². The lowest BCUT2D eigenvalue weighted by Crippen LogP contribution is -2.46. The first-order valence-corrected chi connectivity index (χ1v) is 6.46. The van der Waals surface area contributed by atoms with E-state index in [2.05, 4.69) is 5.32 Å². The van der Waals surface area contributed by atoms with Gasteiger partial charge in [0.2, 0.25) is 5.91 Å². The Labute approximate surface area is 117 Å². The fourth-order valence-electron chi connectivity index (χ4n) is 2.07. The van der Waals surface area contributed by atoms with Crippen LogP contribution in [-0.2, 0) is 9.53 Å². The van der Waals surface area contributed by atoms with Crippen molar-refractivity contribution < 1.29 is 14.6 Å². The van der Waals surface area contributed by atoms with Crippen molar-refractivity contribution in [1.29, 1.82) is 5.26 Å². The van der Waals surface area contributed by atoms with Gasteiger partial charge in [0.05, 0.1) is 37.5 Å². The standard InChI is InChI=1S/C14H17N3O3/c15-7-11-1-3-12(4-2-11)16-14(19)9-17-5-6-20-13(8-17)10-18/h1-4,13,18H,5-6,8-10H2,(H,16,19). The molecule has 1 aliphatic rings. The molecule has 0 aromatic heterocycles. The van der Waals surface area contributed by atoms with Crippen molar-refractivity contribution in [2.75, 3.05) is 38.2 Å². The average Bonchev–Trinajstić information content (AvgIpc) is 2.48. The van der Waals surface area contributed by atoms with Crippen LogP contribution in [0, 0.1) is 11.3 Å². The largest absolute Gasteiger partial charge is 0.394 e. The summed E-state index contributed by atoms with van der Waals surface area (Å²) in [7, 11) is 0. The lowest BCUT2D eigenvalue weighted by Gasteiger charge is -2.31. The van der Waals surface area contributed by atoms with E-state index in [4.69, 9.17) is 15.1 Å². The predicted molar refractivity (Wildman–Crippen MR) is 73.1 cm³/mol. The Morgan fingerprint density at radius 3 is 2.90 bits per heavy atom. The summed E-state index contributed by atoms with van der Waals surface area (Å²) in [5.41, 5.74) is 1.22. The number of anilines is 1. The number of hydrogen-bond acceptors (Lipinski definition) is 5. The minimum absolute atomic E-state index is 0.0340. The van der Waals surface area contributed by atoms with E-state index in [0.717, 1.165) is 0 Å². The third kappa shape index (κ3) is 4.03. The number of amides is 1. The molecule has 0 saturated carbocycles. The number of aliphatic hydroxyl groups excluding tert-OH is 1. The van der Waals surface area contributed by atoms with E-state index >= 15 is 0 Å². The molecule has 0 bridgehead atoms. The summed E-state index contributed by atoms with van der Waals surface area (Å²) in [6, 6.07) is 8.75. The van der Waals surface area contributed by atoms with E-state index in [1.807, 2.05) is 11.0 Å². The van der Waals surface area contributed by atoms with Gasteiger partial charge < -0.3 is 15.2 Å². The normalized spacial score (nSPS) is 19.3. The fraction of sp³-hybridized carbons (Fsp3) is 0.429. The Morgan fingerprint density at radius 2 is 2.25 bits per heavy atom. The van der Waals surface area contributed by atoms with Crippen molar-refractivity contribution in [1.82, 2.24) is 4.90 Å².